The van der Waals surface area contributed by atoms with Crippen molar-refractivity contribution in [1.82, 2.24) is 15.2 Å². The second kappa shape index (κ2) is 6.51. The van der Waals surface area contributed by atoms with Crippen molar-refractivity contribution in [3.05, 3.63) is 54.1 Å². The van der Waals surface area contributed by atoms with Crippen molar-refractivity contribution in [2.75, 3.05) is 13.1 Å². The molecule has 1 saturated carbocycles. The quantitative estimate of drug-likeness (QED) is 0.712. The van der Waals surface area contributed by atoms with E-state index >= 15 is 0 Å². The normalized spacial score (nSPS) is 23.9. The highest BCUT2D eigenvalue weighted by Crippen LogP contribution is 2.45. The molecule has 27 heavy (non-hydrogen) atoms. The summed E-state index contributed by atoms with van der Waals surface area (Å²) in [5.41, 5.74) is 7.43. The van der Waals surface area contributed by atoms with Crippen molar-refractivity contribution < 1.29 is 9.53 Å². The van der Waals surface area contributed by atoms with E-state index in [1.807, 2.05) is 36.4 Å². The van der Waals surface area contributed by atoms with Crippen molar-refractivity contribution in [3.8, 4) is 10.9 Å². The van der Waals surface area contributed by atoms with Gasteiger partial charge in [-0.25, -0.2) is 9.78 Å². The highest BCUT2D eigenvalue weighted by molar-refractivity contribution is 7.20. The Hall–Kier alpha value is -2.64. The molecule has 0 radical (unpaired) electrons. The average molecular weight is 380 g/mol. The third-order valence-corrected chi connectivity index (χ3v) is 6.30. The second-order valence-electron chi connectivity index (χ2n) is 7.25. The van der Waals surface area contributed by atoms with E-state index in [1.165, 1.54) is 5.56 Å². The zero-order valence-electron chi connectivity index (χ0n) is 14.7. The van der Waals surface area contributed by atoms with Gasteiger partial charge in [-0.15, -0.1) is 0 Å². The van der Waals surface area contributed by atoms with E-state index in [0.29, 0.717) is 17.0 Å². The molecule has 1 aliphatic carbocycles. The van der Waals surface area contributed by atoms with Gasteiger partial charge >= 0.3 is 6.03 Å². The van der Waals surface area contributed by atoms with E-state index in [9.17, 15) is 4.79 Å². The number of nitrogens with zero attached hydrogens (tertiary/aromatic N) is 2. The van der Waals surface area contributed by atoms with Crippen LogP contribution in [-0.2, 0) is 6.54 Å². The fourth-order valence-electron chi connectivity index (χ4n) is 4.04. The molecule has 138 valence electrons. The van der Waals surface area contributed by atoms with Gasteiger partial charge in [-0.1, -0.05) is 35.6 Å². The molecule has 3 N–H and O–H groups in total. The number of aromatic nitrogens is 1. The van der Waals surface area contributed by atoms with Gasteiger partial charge in [0.15, 0.2) is 0 Å². The number of hydrogen-bond donors (Lipinski definition) is 2. The Morgan fingerprint density at radius 3 is 2.63 bits per heavy atom. The second-order valence-corrected chi connectivity index (χ2v) is 8.24. The van der Waals surface area contributed by atoms with Gasteiger partial charge in [0.05, 0.1) is 10.2 Å². The number of urea groups is 1. The van der Waals surface area contributed by atoms with Crippen molar-refractivity contribution in [3.63, 3.8) is 0 Å². The van der Waals surface area contributed by atoms with Crippen LogP contribution in [0.3, 0.4) is 0 Å². The summed E-state index contributed by atoms with van der Waals surface area (Å²) >= 11 is 1.55. The number of nitrogens with one attached hydrogen (secondary N) is 1. The maximum Gasteiger partial charge on any atom is 0.312 e. The third-order valence-electron chi connectivity index (χ3n) is 5.39. The largest absolute Gasteiger partial charge is 0.431 e. The summed E-state index contributed by atoms with van der Waals surface area (Å²) in [6.45, 7) is 2.94. The van der Waals surface area contributed by atoms with Gasteiger partial charge in [-0.05, 0) is 41.7 Å². The van der Waals surface area contributed by atoms with Crippen LogP contribution in [0.15, 0.2) is 48.5 Å². The number of amides is 2. The number of carbonyl (C=O) groups excluding carboxylic acids is 1. The molecule has 6 nitrogen and oxygen atoms in total. The summed E-state index contributed by atoms with van der Waals surface area (Å²) in [5, 5.41) is 3.50. The Bertz CT molecular complexity index is 942. The zero-order chi connectivity index (χ0) is 18.4. The number of nitrogens with two attached hydrogens (primary N) is 1. The molecular formula is C20H20N4O2S. The molecule has 3 aromatic rings. The fourth-order valence-corrected chi connectivity index (χ4v) is 4.87. The van der Waals surface area contributed by atoms with E-state index in [4.69, 9.17) is 10.5 Å². The van der Waals surface area contributed by atoms with Crippen LogP contribution in [0.25, 0.3) is 10.2 Å². The van der Waals surface area contributed by atoms with Crippen LogP contribution >= 0.6 is 11.3 Å². The lowest BCUT2D eigenvalue weighted by Crippen LogP contribution is -2.37. The van der Waals surface area contributed by atoms with E-state index in [0.717, 1.165) is 35.6 Å². The molecule has 2 unspecified atom stereocenters. The minimum Gasteiger partial charge on any atom is -0.431 e. The Kier molecular flexibility index (Phi) is 3.98. The molecule has 0 spiro atoms. The number of benzene rings is 2. The number of rotatable bonds is 5. The minimum absolute atomic E-state index is 0.281. The topological polar surface area (TPSA) is 80.5 Å². The van der Waals surface area contributed by atoms with Crippen molar-refractivity contribution >= 4 is 27.6 Å². The SMILES string of the molecule is NC(=O)NC1C2CN(Cc3ccc(Oc4nc5ccccc5s4)cc3)CC21. The standard InChI is InChI=1S/C20H20N4O2S/c21-19(25)23-18-14-10-24(11-15(14)18)9-12-5-7-13(8-6-12)26-20-22-16-3-1-2-4-17(16)27-20/h1-8,14-15,18H,9-11H2,(H3,21,23,25). The maximum absolute atomic E-state index is 10.9. The number of hydrogen-bond acceptors (Lipinski definition) is 5. The van der Waals surface area contributed by atoms with E-state index in [2.05, 4.69) is 27.3 Å². The first-order valence-corrected chi connectivity index (χ1v) is 9.88. The van der Waals surface area contributed by atoms with Crippen LogP contribution in [0.1, 0.15) is 5.56 Å². The van der Waals surface area contributed by atoms with Gasteiger partial charge in [0, 0.05) is 25.7 Å². The molecule has 2 fully saturated rings. The van der Waals surface area contributed by atoms with Crippen molar-refractivity contribution in [1.29, 1.82) is 0 Å². The summed E-state index contributed by atoms with van der Waals surface area (Å²) in [5.74, 6) is 1.91. The van der Waals surface area contributed by atoms with Gasteiger partial charge in [-0.2, -0.15) is 0 Å². The highest BCUT2D eigenvalue weighted by Gasteiger charge is 2.56. The van der Waals surface area contributed by atoms with Crippen molar-refractivity contribution in [2.24, 2.45) is 17.6 Å². The first kappa shape index (κ1) is 16.5. The zero-order valence-corrected chi connectivity index (χ0v) is 15.5. The van der Waals surface area contributed by atoms with Crippen LogP contribution in [0, 0.1) is 11.8 Å². The summed E-state index contributed by atoms with van der Waals surface area (Å²) in [4.78, 5) is 17.9. The average Bonchev–Trinajstić information content (AvgIpc) is 3.01. The summed E-state index contributed by atoms with van der Waals surface area (Å²) < 4.78 is 7.03. The fraction of sp³-hybridized carbons (Fsp3) is 0.300. The number of likely N-dealkylation sites (tertiary alicyclic amines) is 1. The predicted octanol–water partition coefficient (Wildman–Crippen LogP) is 3.19. The highest BCUT2D eigenvalue weighted by atomic mass is 32.1. The third kappa shape index (κ3) is 3.36. The molecule has 1 aliphatic heterocycles. The first-order valence-electron chi connectivity index (χ1n) is 9.06. The van der Waals surface area contributed by atoms with Gasteiger partial charge < -0.3 is 15.8 Å². The number of thiazole rings is 1. The number of fused-ring (bicyclic) bond motifs is 2. The molecule has 2 heterocycles. The molecule has 2 aromatic carbocycles. The Morgan fingerprint density at radius 2 is 1.93 bits per heavy atom. The van der Waals surface area contributed by atoms with E-state index < -0.39 is 6.03 Å². The van der Waals surface area contributed by atoms with Gasteiger partial charge in [0.1, 0.15) is 5.75 Å². The Labute approximate surface area is 160 Å². The van der Waals surface area contributed by atoms with Crippen LogP contribution in [0.5, 0.6) is 10.9 Å². The number of ether oxygens (including phenoxy) is 1. The molecule has 2 atom stereocenters. The molecule has 2 aliphatic rings. The van der Waals surface area contributed by atoms with Gasteiger partial charge in [0.2, 0.25) is 0 Å². The maximum atomic E-state index is 10.9. The summed E-state index contributed by atoms with van der Waals surface area (Å²) in [6.07, 6.45) is 0. The lowest BCUT2D eigenvalue weighted by molar-refractivity contribution is 0.242. The number of carbonyl (C=O) groups is 1. The van der Waals surface area contributed by atoms with Gasteiger partial charge in [0.25, 0.3) is 5.19 Å². The van der Waals surface area contributed by atoms with E-state index in [-0.39, 0.29) is 6.04 Å². The van der Waals surface area contributed by atoms with Crippen LogP contribution in [0.4, 0.5) is 4.79 Å². The molecule has 2 amide bonds. The number of primary amides is 1. The predicted molar refractivity (Wildman–Crippen MR) is 105 cm³/mol. The monoisotopic (exact) mass is 380 g/mol. The van der Waals surface area contributed by atoms with Crippen molar-refractivity contribution in [2.45, 2.75) is 12.6 Å². The lowest BCUT2D eigenvalue weighted by atomic mass is 10.2. The smallest absolute Gasteiger partial charge is 0.312 e. The Balaban J connectivity index is 1.17. The summed E-state index contributed by atoms with van der Waals surface area (Å²) in [7, 11) is 0. The molecule has 1 aromatic heterocycles. The van der Waals surface area contributed by atoms with E-state index in [1.54, 1.807) is 11.3 Å². The molecule has 5 rings (SSSR count). The van der Waals surface area contributed by atoms with Crippen LogP contribution in [0.2, 0.25) is 0 Å². The first-order chi connectivity index (χ1) is 13.2. The number of piperidine rings is 1. The molecule has 1 saturated heterocycles. The van der Waals surface area contributed by atoms with Crippen LogP contribution in [-0.4, -0.2) is 35.0 Å². The molecule has 0 bridgehead atoms. The van der Waals surface area contributed by atoms with Crippen LogP contribution < -0.4 is 15.8 Å². The Morgan fingerprint density at radius 1 is 1.19 bits per heavy atom. The minimum atomic E-state index is -0.412. The molecular weight excluding hydrogens is 360 g/mol. The number of para-hydroxylation sites is 1. The van der Waals surface area contributed by atoms with Gasteiger partial charge in [-0.3, -0.25) is 4.90 Å². The molecule has 7 heteroatoms. The summed E-state index contributed by atoms with van der Waals surface area (Å²) in [6, 6.07) is 16.1. The lowest BCUT2D eigenvalue weighted by Gasteiger charge is -2.19.